The second-order valence-corrected chi connectivity index (χ2v) is 2.54. The molecule has 2 atom stereocenters. The van der Waals surface area contributed by atoms with E-state index in [1.807, 2.05) is 6.92 Å². The van der Waals surface area contributed by atoms with E-state index in [1.165, 1.54) is 0 Å². The molecular formula is C5H9N3O2. The first kappa shape index (κ1) is 6.98. The number of amides is 2. The zero-order valence-electron chi connectivity index (χ0n) is 5.65. The average Bonchev–Trinajstić information content (AvgIpc) is 2.48. The van der Waals surface area contributed by atoms with E-state index in [-0.39, 0.29) is 6.04 Å². The highest BCUT2D eigenvalue weighted by atomic mass is 16.3. The molecule has 0 saturated heterocycles. The van der Waals surface area contributed by atoms with Crippen molar-refractivity contribution in [1.29, 1.82) is 0 Å². The summed E-state index contributed by atoms with van der Waals surface area (Å²) < 4.78 is 0. The van der Waals surface area contributed by atoms with Gasteiger partial charge in [-0.05, 0) is 12.3 Å². The summed E-state index contributed by atoms with van der Waals surface area (Å²) in [7, 11) is 0. The van der Waals surface area contributed by atoms with Crippen molar-refractivity contribution in [2.24, 2.45) is 16.9 Å². The largest absolute Gasteiger partial charge is 0.350 e. The van der Waals surface area contributed by atoms with Crippen molar-refractivity contribution < 1.29 is 4.79 Å². The molecule has 2 amide bonds. The van der Waals surface area contributed by atoms with E-state index in [1.54, 1.807) is 0 Å². The maximum Gasteiger partial charge on any atom is 0.338 e. The number of carbonyl (C=O) groups is 1. The normalized spacial score (nSPS) is 29.3. The molecule has 1 fully saturated rings. The third kappa shape index (κ3) is 1.07. The molecule has 0 aliphatic heterocycles. The molecule has 5 nitrogen and oxygen atoms in total. The van der Waals surface area contributed by atoms with Crippen LogP contribution in [0.1, 0.15) is 13.3 Å². The topological polar surface area (TPSA) is 75.8 Å². The van der Waals surface area contributed by atoms with Gasteiger partial charge in [0.2, 0.25) is 0 Å². The maximum atomic E-state index is 10.4. The predicted octanol–water partition coefficient (Wildman–Crippen LogP) is 0.457. The molecule has 0 bridgehead atoms. The Labute approximate surface area is 58.1 Å². The van der Waals surface area contributed by atoms with Crippen molar-refractivity contribution in [3.05, 3.63) is 4.91 Å². The number of hydrogen-bond acceptors (Lipinski definition) is 3. The molecule has 0 aromatic heterocycles. The van der Waals surface area contributed by atoms with Crippen molar-refractivity contribution in [1.82, 2.24) is 5.01 Å². The summed E-state index contributed by atoms with van der Waals surface area (Å²) in [5, 5.41) is 3.31. The van der Waals surface area contributed by atoms with Crippen molar-refractivity contribution in [3.8, 4) is 0 Å². The van der Waals surface area contributed by atoms with E-state index in [0.717, 1.165) is 11.4 Å². The van der Waals surface area contributed by atoms with Gasteiger partial charge in [-0.15, -0.1) is 4.91 Å². The smallest absolute Gasteiger partial charge is 0.338 e. The molecule has 5 heteroatoms. The Hall–Kier alpha value is -1.13. The van der Waals surface area contributed by atoms with E-state index >= 15 is 0 Å². The van der Waals surface area contributed by atoms with Gasteiger partial charge in [-0.1, -0.05) is 6.92 Å². The van der Waals surface area contributed by atoms with E-state index in [0.29, 0.717) is 5.92 Å². The Morgan fingerprint density at radius 1 is 1.80 bits per heavy atom. The first-order valence-electron chi connectivity index (χ1n) is 3.08. The molecule has 56 valence electrons. The fourth-order valence-corrected chi connectivity index (χ4v) is 0.907. The molecule has 1 aliphatic rings. The van der Waals surface area contributed by atoms with E-state index in [4.69, 9.17) is 5.73 Å². The minimum atomic E-state index is -0.760. The van der Waals surface area contributed by atoms with Crippen molar-refractivity contribution in [2.45, 2.75) is 19.4 Å². The Balaban J connectivity index is 2.50. The number of rotatable bonds is 2. The van der Waals surface area contributed by atoms with Gasteiger partial charge in [0, 0.05) is 0 Å². The number of carbonyl (C=O) groups excluding carboxylic acids is 1. The third-order valence-electron chi connectivity index (χ3n) is 1.69. The minimum absolute atomic E-state index is 0.0463. The number of primary amides is 1. The lowest BCUT2D eigenvalue weighted by molar-refractivity contribution is 0.204. The lowest BCUT2D eigenvalue weighted by atomic mass is 10.5. The van der Waals surface area contributed by atoms with Crippen molar-refractivity contribution >= 4 is 6.03 Å². The van der Waals surface area contributed by atoms with Crippen LogP contribution in [0.2, 0.25) is 0 Å². The molecule has 0 heterocycles. The van der Waals surface area contributed by atoms with E-state index in [9.17, 15) is 9.70 Å². The lowest BCUT2D eigenvalue weighted by Crippen LogP contribution is -2.33. The predicted molar refractivity (Wildman–Crippen MR) is 34.8 cm³/mol. The Morgan fingerprint density at radius 3 is 2.40 bits per heavy atom. The molecule has 10 heavy (non-hydrogen) atoms. The van der Waals surface area contributed by atoms with Crippen LogP contribution in [0, 0.1) is 10.8 Å². The number of nitrogens with two attached hydrogens (primary N) is 1. The summed E-state index contributed by atoms with van der Waals surface area (Å²) >= 11 is 0. The Bertz CT molecular complexity index is 170. The van der Waals surface area contributed by atoms with Gasteiger partial charge >= 0.3 is 6.03 Å². The van der Waals surface area contributed by atoms with Crippen molar-refractivity contribution in [3.63, 3.8) is 0 Å². The number of urea groups is 1. The third-order valence-corrected chi connectivity index (χ3v) is 1.69. The number of nitrogens with zero attached hydrogens (tertiary/aromatic N) is 2. The van der Waals surface area contributed by atoms with Crippen LogP contribution < -0.4 is 5.73 Å². The molecule has 1 saturated carbocycles. The summed E-state index contributed by atoms with van der Waals surface area (Å²) in [5.74, 6) is 0.366. The first-order valence-corrected chi connectivity index (χ1v) is 3.08. The zero-order chi connectivity index (χ0) is 7.72. The van der Waals surface area contributed by atoms with Crippen LogP contribution in [0.3, 0.4) is 0 Å². The summed E-state index contributed by atoms with van der Waals surface area (Å²) in [4.78, 5) is 20.4. The molecule has 2 N–H and O–H groups in total. The fraction of sp³-hybridized carbons (Fsp3) is 0.800. The molecule has 1 rings (SSSR count). The molecule has 0 spiro atoms. The van der Waals surface area contributed by atoms with Crippen LogP contribution in [0.15, 0.2) is 5.29 Å². The quantitative estimate of drug-likeness (QED) is 0.450. The van der Waals surface area contributed by atoms with Crippen LogP contribution >= 0.6 is 0 Å². The molecule has 1 aliphatic carbocycles. The van der Waals surface area contributed by atoms with Gasteiger partial charge in [-0.25, -0.2) is 4.79 Å². The summed E-state index contributed by atoms with van der Waals surface area (Å²) in [6, 6.07) is -0.806. The summed E-state index contributed by atoms with van der Waals surface area (Å²) in [5.41, 5.74) is 4.84. The number of hydrogen-bond donors (Lipinski definition) is 1. The second kappa shape index (κ2) is 2.24. The first-order chi connectivity index (χ1) is 4.66. The summed E-state index contributed by atoms with van der Waals surface area (Å²) in [6.07, 6.45) is 0.828. The van der Waals surface area contributed by atoms with E-state index in [2.05, 4.69) is 5.29 Å². The van der Waals surface area contributed by atoms with Crippen LogP contribution in [0.25, 0.3) is 0 Å². The molecule has 0 radical (unpaired) electrons. The van der Waals surface area contributed by atoms with Crippen LogP contribution in [-0.2, 0) is 0 Å². The van der Waals surface area contributed by atoms with Gasteiger partial charge in [-0.3, -0.25) is 0 Å². The van der Waals surface area contributed by atoms with Crippen LogP contribution in [-0.4, -0.2) is 17.1 Å². The van der Waals surface area contributed by atoms with Crippen LogP contribution in [0.5, 0.6) is 0 Å². The monoisotopic (exact) mass is 143 g/mol. The standard InChI is InChI=1S/C5H9N3O2/c1-3-2-4(3)8(7-10)5(6)9/h3-4H,2H2,1H3,(H2,6,9)/t3-,4-/m1/s1. The second-order valence-electron chi connectivity index (χ2n) is 2.54. The average molecular weight is 143 g/mol. The van der Waals surface area contributed by atoms with Gasteiger partial charge in [-0.2, -0.15) is 5.01 Å². The van der Waals surface area contributed by atoms with Gasteiger partial charge in [0.25, 0.3) is 0 Å². The van der Waals surface area contributed by atoms with Gasteiger partial charge < -0.3 is 5.73 Å². The maximum absolute atomic E-state index is 10.4. The zero-order valence-corrected chi connectivity index (χ0v) is 5.65. The van der Waals surface area contributed by atoms with E-state index < -0.39 is 6.03 Å². The van der Waals surface area contributed by atoms with Crippen molar-refractivity contribution in [2.75, 3.05) is 0 Å². The van der Waals surface area contributed by atoms with Gasteiger partial charge in [0.05, 0.1) is 11.3 Å². The molecule has 0 unspecified atom stereocenters. The molecule has 0 aromatic carbocycles. The molecular weight excluding hydrogens is 134 g/mol. The Kier molecular flexibility index (Phi) is 1.57. The highest BCUT2D eigenvalue weighted by Crippen LogP contribution is 2.34. The number of nitroso groups, excluding NO2 is 1. The Morgan fingerprint density at radius 2 is 2.30 bits per heavy atom. The molecule has 0 aromatic rings. The summed E-state index contributed by atoms with van der Waals surface area (Å²) in [6.45, 7) is 1.94. The lowest BCUT2D eigenvalue weighted by Gasteiger charge is -2.07. The van der Waals surface area contributed by atoms with Crippen LogP contribution in [0.4, 0.5) is 4.79 Å². The van der Waals surface area contributed by atoms with Gasteiger partial charge in [0.1, 0.15) is 0 Å². The minimum Gasteiger partial charge on any atom is -0.350 e. The SMILES string of the molecule is C[C@@H]1C[C@H]1N(N=O)C(N)=O. The highest BCUT2D eigenvalue weighted by Gasteiger charge is 2.41. The highest BCUT2D eigenvalue weighted by molar-refractivity contribution is 5.72. The van der Waals surface area contributed by atoms with Gasteiger partial charge in [0.15, 0.2) is 0 Å². The fourth-order valence-electron chi connectivity index (χ4n) is 0.907.